The van der Waals surface area contributed by atoms with E-state index in [-0.39, 0.29) is 15.4 Å². The van der Waals surface area contributed by atoms with Crippen LogP contribution in [0, 0.1) is 0 Å². The molecule has 120 valence electrons. The summed E-state index contributed by atoms with van der Waals surface area (Å²) in [6.07, 6.45) is 0. The topological polar surface area (TPSA) is 71.4 Å². The van der Waals surface area contributed by atoms with E-state index in [2.05, 4.69) is 0 Å². The van der Waals surface area contributed by atoms with Gasteiger partial charge in [0.1, 0.15) is 0 Å². The van der Waals surface area contributed by atoms with Crippen molar-refractivity contribution in [2.45, 2.75) is 9.79 Å². The summed E-state index contributed by atoms with van der Waals surface area (Å²) in [7, 11) is -3.84. The smallest absolute Gasteiger partial charge is 0.335 e. The van der Waals surface area contributed by atoms with Crippen LogP contribution in [0.15, 0.2) is 88.7 Å². The van der Waals surface area contributed by atoms with Crippen LogP contribution in [0.2, 0.25) is 0 Å². The fraction of sp³-hybridized carbons (Fsp3) is 0. The predicted octanol–water partition coefficient (Wildman–Crippen LogP) is 3.88. The van der Waals surface area contributed by atoms with Gasteiger partial charge in [-0.05, 0) is 29.8 Å². The van der Waals surface area contributed by atoms with E-state index in [1.807, 2.05) is 6.07 Å². The lowest BCUT2D eigenvalue weighted by atomic mass is 10.0. The van der Waals surface area contributed by atoms with Crippen LogP contribution in [0.4, 0.5) is 0 Å². The Morgan fingerprint density at radius 3 is 1.96 bits per heavy atom. The zero-order valence-corrected chi connectivity index (χ0v) is 13.4. The van der Waals surface area contributed by atoms with E-state index in [0.717, 1.165) is 0 Å². The minimum atomic E-state index is -3.84. The maximum atomic E-state index is 13.0. The molecule has 0 atom stereocenters. The normalized spacial score (nSPS) is 11.2. The first-order valence-corrected chi connectivity index (χ1v) is 8.71. The van der Waals surface area contributed by atoms with Gasteiger partial charge in [0, 0.05) is 5.56 Å². The fourth-order valence-corrected chi connectivity index (χ4v) is 3.99. The van der Waals surface area contributed by atoms with Gasteiger partial charge < -0.3 is 5.11 Å². The van der Waals surface area contributed by atoms with Crippen LogP contribution in [0.5, 0.6) is 0 Å². The van der Waals surface area contributed by atoms with Crippen LogP contribution >= 0.6 is 0 Å². The first kappa shape index (κ1) is 16.0. The van der Waals surface area contributed by atoms with Gasteiger partial charge in [-0.15, -0.1) is 0 Å². The molecule has 0 saturated carbocycles. The summed E-state index contributed by atoms with van der Waals surface area (Å²) in [6.45, 7) is 0. The predicted molar refractivity (Wildman–Crippen MR) is 90.7 cm³/mol. The van der Waals surface area contributed by atoms with Gasteiger partial charge in [-0.2, -0.15) is 0 Å². The lowest BCUT2D eigenvalue weighted by Gasteiger charge is -2.12. The highest BCUT2D eigenvalue weighted by Crippen LogP contribution is 2.32. The second-order valence-corrected chi connectivity index (χ2v) is 7.12. The lowest BCUT2D eigenvalue weighted by Crippen LogP contribution is -2.06. The maximum Gasteiger partial charge on any atom is 0.335 e. The average Bonchev–Trinajstić information content (AvgIpc) is 2.62. The number of hydrogen-bond donors (Lipinski definition) is 1. The molecule has 0 aliphatic rings. The van der Waals surface area contributed by atoms with Crippen LogP contribution in [-0.4, -0.2) is 19.5 Å². The molecule has 0 unspecified atom stereocenters. The van der Waals surface area contributed by atoms with Gasteiger partial charge in [-0.3, -0.25) is 0 Å². The van der Waals surface area contributed by atoms with Gasteiger partial charge in [0.15, 0.2) is 0 Å². The number of carboxylic acids is 1. The fourth-order valence-electron chi connectivity index (χ4n) is 2.46. The molecule has 0 aliphatic heterocycles. The monoisotopic (exact) mass is 338 g/mol. The van der Waals surface area contributed by atoms with E-state index in [9.17, 15) is 18.3 Å². The largest absolute Gasteiger partial charge is 0.478 e. The molecule has 4 nitrogen and oxygen atoms in total. The molecule has 0 radical (unpaired) electrons. The highest BCUT2D eigenvalue weighted by molar-refractivity contribution is 7.91. The molecule has 0 heterocycles. The summed E-state index contributed by atoms with van der Waals surface area (Å²) in [5.41, 5.74) is 1.12. The number of hydrogen-bond acceptors (Lipinski definition) is 3. The second kappa shape index (κ2) is 6.29. The van der Waals surface area contributed by atoms with Gasteiger partial charge in [-0.25, -0.2) is 13.2 Å². The number of rotatable bonds is 4. The molecule has 1 N–H and O–H groups in total. The van der Waals surface area contributed by atoms with E-state index in [0.29, 0.717) is 11.1 Å². The molecule has 0 spiro atoms. The Labute approximate surface area is 139 Å². The van der Waals surface area contributed by atoms with Crippen molar-refractivity contribution in [2.75, 3.05) is 0 Å². The molecular weight excluding hydrogens is 324 g/mol. The highest BCUT2D eigenvalue weighted by atomic mass is 32.2. The van der Waals surface area contributed by atoms with Crippen molar-refractivity contribution in [2.24, 2.45) is 0 Å². The molecule has 3 aromatic carbocycles. The van der Waals surface area contributed by atoms with Gasteiger partial charge in [0.2, 0.25) is 9.84 Å². The van der Waals surface area contributed by atoms with Gasteiger partial charge in [0.05, 0.1) is 15.4 Å². The van der Waals surface area contributed by atoms with Gasteiger partial charge >= 0.3 is 5.97 Å². The molecule has 3 aromatic rings. The molecule has 0 bridgehead atoms. The maximum absolute atomic E-state index is 13.0. The van der Waals surface area contributed by atoms with Crippen molar-refractivity contribution >= 4 is 15.8 Å². The Hall–Kier alpha value is -2.92. The molecule has 0 saturated heterocycles. The molecule has 0 aliphatic carbocycles. The van der Waals surface area contributed by atoms with Crippen molar-refractivity contribution in [3.63, 3.8) is 0 Å². The lowest BCUT2D eigenvalue weighted by molar-refractivity contribution is 0.0696. The second-order valence-electron chi connectivity index (χ2n) is 5.20. The number of sulfone groups is 1. The third-order valence-electron chi connectivity index (χ3n) is 3.66. The van der Waals surface area contributed by atoms with Crippen LogP contribution < -0.4 is 0 Å². The number of benzene rings is 3. The summed E-state index contributed by atoms with van der Waals surface area (Å²) in [5, 5.41) is 9.21. The molecule has 24 heavy (non-hydrogen) atoms. The Morgan fingerprint density at radius 1 is 0.792 bits per heavy atom. The van der Waals surface area contributed by atoms with Crippen molar-refractivity contribution in [3.8, 4) is 11.1 Å². The van der Waals surface area contributed by atoms with E-state index in [4.69, 9.17) is 0 Å². The third kappa shape index (κ3) is 2.94. The summed E-state index contributed by atoms with van der Waals surface area (Å²) in [5.74, 6) is -1.17. The number of carboxylic acid groups (broad SMARTS) is 1. The molecule has 0 amide bonds. The minimum Gasteiger partial charge on any atom is -0.478 e. The molecular formula is C19H14O4S. The van der Waals surface area contributed by atoms with Gasteiger partial charge in [0.25, 0.3) is 0 Å². The Morgan fingerprint density at radius 2 is 1.38 bits per heavy atom. The Bertz CT molecular complexity index is 978. The first-order chi connectivity index (χ1) is 11.5. The molecule has 0 fully saturated rings. The molecule has 0 aromatic heterocycles. The van der Waals surface area contributed by atoms with Crippen molar-refractivity contribution in [1.82, 2.24) is 0 Å². The van der Waals surface area contributed by atoms with E-state index in [1.165, 1.54) is 30.3 Å². The highest BCUT2D eigenvalue weighted by Gasteiger charge is 2.23. The van der Waals surface area contributed by atoms with Crippen LogP contribution in [0.1, 0.15) is 10.4 Å². The summed E-state index contributed by atoms with van der Waals surface area (Å²) >= 11 is 0. The number of aromatic carboxylic acids is 1. The van der Waals surface area contributed by atoms with Crippen LogP contribution in [0.25, 0.3) is 11.1 Å². The minimum absolute atomic E-state index is 0.0141. The Balaban J connectivity index is 2.29. The Kier molecular flexibility index (Phi) is 4.18. The van der Waals surface area contributed by atoms with E-state index >= 15 is 0 Å². The van der Waals surface area contributed by atoms with Gasteiger partial charge in [-0.1, -0.05) is 54.6 Å². The van der Waals surface area contributed by atoms with Crippen LogP contribution in [-0.2, 0) is 9.84 Å². The first-order valence-electron chi connectivity index (χ1n) is 7.23. The SMILES string of the molecule is O=C(O)c1ccc(-c2ccccc2)c(S(=O)(=O)c2ccccc2)c1. The van der Waals surface area contributed by atoms with Crippen molar-refractivity contribution < 1.29 is 18.3 Å². The van der Waals surface area contributed by atoms with Crippen molar-refractivity contribution in [3.05, 3.63) is 84.4 Å². The van der Waals surface area contributed by atoms with E-state index in [1.54, 1.807) is 42.5 Å². The summed E-state index contributed by atoms with van der Waals surface area (Å²) < 4.78 is 26.0. The van der Waals surface area contributed by atoms with Crippen molar-refractivity contribution in [1.29, 1.82) is 0 Å². The molecule has 3 rings (SSSR count). The average molecular weight is 338 g/mol. The van der Waals surface area contributed by atoms with Crippen LogP contribution in [0.3, 0.4) is 0 Å². The number of carbonyl (C=O) groups is 1. The zero-order valence-electron chi connectivity index (χ0n) is 12.6. The molecule has 5 heteroatoms. The summed E-state index contributed by atoms with van der Waals surface area (Å²) in [6, 6.07) is 21.2. The zero-order chi connectivity index (χ0) is 17.2. The third-order valence-corrected chi connectivity index (χ3v) is 5.47. The van der Waals surface area contributed by atoms with E-state index < -0.39 is 15.8 Å². The standard InChI is InChI=1S/C19H14O4S/c20-19(21)15-11-12-17(14-7-3-1-4-8-14)18(13-15)24(22,23)16-9-5-2-6-10-16/h1-13H,(H,20,21). The quantitative estimate of drug-likeness (QED) is 0.783. The summed E-state index contributed by atoms with van der Waals surface area (Å²) in [4.78, 5) is 11.4.